The summed E-state index contributed by atoms with van der Waals surface area (Å²) < 4.78 is 28.8. The maximum Gasteiger partial charge on any atom is 0.249 e. The third kappa shape index (κ3) is 2.83. The summed E-state index contributed by atoms with van der Waals surface area (Å²) in [5, 5.41) is 8.87. The zero-order valence-corrected chi connectivity index (χ0v) is 18.5. The molecular weight excluding hydrogens is 410 g/mol. The van der Waals surface area contributed by atoms with Crippen LogP contribution >= 0.6 is 0 Å². The number of aromatic amines is 1. The zero-order valence-electron chi connectivity index (χ0n) is 18.5. The van der Waals surface area contributed by atoms with Gasteiger partial charge in [-0.1, -0.05) is 26.0 Å². The Bertz CT molecular complexity index is 1230. The molecule has 0 aliphatic heterocycles. The second-order valence-corrected chi connectivity index (χ2v) is 9.44. The van der Waals surface area contributed by atoms with Crippen molar-refractivity contribution in [2.45, 2.75) is 44.9 Å². The van der Waals surface area contributed by atoms with Crippen LogP contribution in [-0.2, 0) is 5.41 Å². The van der Waals surface area contributed by atoms with E-state index in [4.69, 9.17) is 0 Å². The first kappa shape index (κ1) is 20.8. The highest BCUT2D eigenvalue weighted by Gasteiger charge is 2.63. The summed E-state index contributed by atoms with van der Waals surface area (Å²) in [6, 6.07) is 10.8. The van der Waals surface area contributed by atoms with Gasteiger partial charge < -0.3 is 9.88 Å². The van der Waals surface area contributed by atoms with E-state index < -0.39 is 11.6 Å². The number of hydrogen-bond acceptors (Lipinski definition) is 4. The zero-order chi connectivity index (χ0) is 22.7. The van der Waals surface area contributed by atoms with Crippen molar-refractivity contribution in [3.05, 3.63) is 75.7 Å². The van der Waals surface area contributed by atoms with Crippen LogP contribution in [0.25, 0.3) is 11.3 Å². The van der Waals surface area contributed by atoms with E-state index in [1.807, 2.05) is 12.1 Å². The lowest BCUT2D eigenvalue weighted by Gasteiger charge is -2.42. The number of nitrogens with one attached hydrogen (secondary N) is 1. The monoisotopic (exact) mass is 436 g/mol. The number of H-pyrrole nitrogens is 1. The quantitative estimate of drug-likeness (QED) is 0.625. The third-order valence-corrected chi connectivity index (χ3v) is 7.77. The SMILES string of the molecule is CCN(CC12CC[C@@H](c3cc(-c4c(F)cccc4F)nnc31)C2(C)C)c1cccc(=O)[nH]1. The minimum atomic E-state index is -0.637. The molecule has 2 aliphatic carbocycles. The summed E-state index contributed by atoms with van der Waals surface area (Å²) in [4.78, 5) is 17.0. The predicted molar refractivity (Wildman–Crippen MR) is 120 cm³/mol. The molecule has 2 atom stereocenters. The van der Waals surface area contributed by atoms with Crippen molar-refractivity contribution in [2.75, 3.05) is 18.0 Å². The van der Waals surface area contributed by atoms with Crippen molar-refractivity contribution in [1.29, 1.82) is 0 Å². The Labute approximate surface area is 185 Å². The van der Waals surface area contributed by atoms with Gasteiger partial charge in [-0.25, -0.2) is 8.78 Å². The van der Waals surface area contributed by atoms with E-state index in [0.717, 1.165) is 36.5 Å². The molecular formula is C25H26F2N4O. The summed E-state index contributed by atoms with van der Waals surface area (Å²) in [6.07, 6.45) is 1.93. The molecule has 2 bridgehead atoms. The van der Waals surface area contributed by atoms with Crippen molar-refractivity contribution in [3.8, 4) is 11.3 Å². The van der Waals surface area contributed by atoms with Crippen LogP contribution in [0.2, 0.25) is 0 Å². The third-order valence-electron chi connectivity index (χ3n) is 7.77. The van der Waals surface area contributed by atoms with Crippen LogP contribution in [-0.4, -0.2) is 28.3 Å². The number of halogens is 2. The molecule has 1 unspecified atom stereocenters. The molecule has 0 radical (unpaired) electrons. The fourth-order valence-corrected chi connectivity index (χ4v) is 5.96. The van der Waals surface area contributed by atoms with Crippen LogP contribution in [0.3, 0.4) is 0 Å². The molecule has 7 heteroatoms. The van der Waals surface area contributed by atoms with Crippen molar-refractivity contribution in [1.82, 2.24) is 15.2 Å². The lowest BCUT2D eigenvalue weighted by atomic mass is 9.68. The van der Waals surface area contributed by atoms with E-state index in [2.05, 4.69) is 40.9 Å². The topological polar surface area (TPSA) is 61.9 Å². The van der Waals surface area contributed by atoms with E-state index in [0.29, 0.717) is 6.54 Å². The van der Waals surface area contributed by atoms with Gasteiger partial charge in [-0.05, 0) is 60.9 Å². The summed E-state index contributed by atoms with van der Waals surface area (Å²) in [6.45, 7) is 7.97. The molecule has 3 aromatic rings. The van der Waals surface area contributed by atoms with Crippen molar-refractivity contribution in [2.24, 2.45) is 5.41 Å². The summed E-state index contributed by atoms with van der Waals surface area (Å²) in [5.74, 6) is -0.265. The summed E-state index contributed by atoms with van der Waals surface area (Å²) in [5.41, 5.74) is 1.54. The molecule has 0 amide bonds. The Morgan fingerprint density at radius 3 is 2.53 bits per heavy atom. The molecule has 32 heavy (non-hydrogen) atoms. The summed E-state index contributed by atoms with van der Waals surface area (Å²) in [7, 11) is 0. The van der Waals surface area contributed by atoms with Crippen LogP contribution < -0.4 is 10.5 Å². The number of nitrogens with zero attached hydrogens (tertiary/aromatic N) is 3. The van der Waals surface area contributed by atoms with Gasteiger partial charge in [-0.15, -0.1) is 0 Å². The number of pyridine rings is 1. The van der Waals surface area contributed by atoms with Gasteiger partial charge in [0.15, 0.2) is 0 Å². The fraction of sp³-hybridized carbons (Fsp3) is 0.400. The molecule has 1 fully saturated rings. The van der Waals surface area contributed by atoms with E-state index >= 15 is 0 Å². The van der Waals surface area contributed by atoms with Crippen LogP contribution in [0.4, 0.5) is 14.6 Å². The van der Waals surface area contributed by atoms with Gasteiger partial charge in [0.1, 0.15) is 17.5 Å². The van der Waals surface area contributed by atoms with Crippen molar-refractivity contribution >= 4 is 5.82 Å². The molecule has 2 heterocycles. The average Bonchev–Trinajstić information content (AvgIpc) is 3.12. The fourth-order valence-electron chi connectivity index (χ4n) is 5.96. The van der Waals surface area contributed by atoms with Gasteiger partial charge in [-0.2, -0.15) is 10.2 Å². The number of likely N-dealkylation sites (N-methyl/N-ethyl adjacent to an activating group) is 1. The molecule has 1 aromatic carbocycles. The highest BCUT2D eigenvalue weighted by atomic mass is 19.1. The first-order valence-electron chi connectivity index (χ1n) is 11.1. The number of hydrogen-bond donors (Lipinski definition) is 1. The average molecular weight is 437 g/mol. The van der Waals surface area contributed by atoms with E-state index in [1.165, 1.54) is 24.3 Å². The van der Waals surface area contributed by atoms with E-state index in [9.17, 15) is 13.6 Å². The van der Waals surface area contributed by atoms with Gasteiger partial charge in [0.2, 0.25) is 5.56 Å². The molecule has 5 rings (SSSR count). The first-order chi connectivity index (χ1) is 15.3. The lowest BCUT2D eigenvalue weighted by molar-refractivity contribution is 0.209. The number of benzene rings is 1. The normalized spacial score (nSPS) is 22.7. The van der Waals surface area contributed by atoms with E-state index in [1.54, 1.807) is 6.07 Å². The van der Waals surface area contributed by atoms with Gasteiger partial charge in [0.05, 0.1) is 17.0 Å². The van der Waals surface area contributed by atoms with E-state index in [-0.39, 0.29) is 33.6 Å². The molecule has 5 nitrogen and oxygen atoms in total. The molecule has 1 saturated carbocycles. The van der Waals surface area contributed by atoms with Gasteiger partial charge in [0.25, 0.3) is 0 Å². The van der Waals surface area contributed by atoms with Crippen LogP contribution in [0.5, 0.6) is 0 Å². The van der Waals surface area contributed by atoms with Crippen LogP contribution in [0.1, 0.15) is 50.8 Å². The highest BCUT2D eigenvalue weighted by Crippen LogP contribution is 2.67. The summed E-state index contributed by atoms with van der Waals surface area (Å²) >= 11 is 0. The Morgan fingerprint density at radius 2 is 1.84 bits per heavy atom. The number of anilines is 1. The van der Waals surface area contributed by atoms with Gasteiger partial charge in [0, 0.05) is 24.6 Å². The predicted octanol–water partition coefficient (Wildman–Crippen LogP) is 4.79. The van der Waals surface area contributed by atoms with Crippen molar-refractivity contribution in [3.63, 3.8) is 0 Å². The lowest BCUT2D eigenvalue weighted by Crippen LogP contribution is -2.47. The number of rotatable bonds is 5. The molecule has 0 spiro atoms. The Morgan fingerprint density at radius 1 is 1.12 bits per heavy atom. The number of aromatic nitrogens is 3. The Balaban J connectivity index is 1.60. The maximum absolute atomic E-state index is 14.4. The highest BCUT2D eigenvalue weighted by molar-refractivity contribution is 5.63. The standard InChI is InChI=1S/C25H26F2N4O/c1-4-31(20-9-6-10-21(32)28-20)14-25-12-11-16(24(25,2)3)15-13-19(29-30-23(15)25)22-17(26)7-5-8-18(22)27/h5-10,13,16H,4,11-12,14H2,1-3H3,(H,28,32)/t16-,25?/m0/s1. The molecule has 1 N–H and O–H groups in total. The van der Waals surface area contributed by atoms with Crippen molar-refractivity contribution < 1.29 is 8.78 Å². The van der Waals surface area contributed by atoms with Gasteiger partial charge in [-0.3, -0.25) is 4.79 Å². The molecule has 2 aliphatic rings. The Hall–Kier alpha value is -3.09. The van der Waals surface area contributed by atoms with Gasteiger partial charge >= 0.3 is 0 Å². The number of fused-ring (bicyclic) bond motifs is 5. The molecule has 166 valence electrons. The van der Waals surface area contributed by atoms with Crippen LogP contribution in [0.15, 0.2) is 47.3 Å². The van der Waals surface area contributed by atoms with Crippen LogP contribution in [0, 0.1) is 17.0 Å². The molecule has 2 aromatic heterocycles. The minimum absolute atomic E-state index is 0.112. The largest absolute Gasteiger partial charge is 0.357 e. The molecule has 0 saturated heterocycles. The first-order valence-corrected chi connectivity index (χ1v) is 11.1. The second kappa shape index (κ2) is 7.22. The minimum Gasteiger partial charge on any atom is -0.357 e. The maximum atomic E-state index is 14.4. The smallest absolute Gasteiger partial charge is 0.249 e. The second-order valence-electron chi connectivity index (χ2n) is 9.44. The Kier molecular flexibility index (Phi) is 4.69.